The fourth-order valence-corrected chi connectivity index (χ4v) is 2.21. The Hall–Kier alpha value is -1.29. The molecule has 0 aromatic carbocycles. The minimum Gasteiger partial charge on any atom is -0.491 e. The Kier molecular flexibility index (Phi) is 4.20. The SMILES string of the molecule is COc1cccnc1OC1CCC(CO)CC1. The second-order valence-electron chi connectivity index (χ2n) is 4.45. The number of aromatic nitrogens is 1. The van der Waals surface area contributed by atoms with Crippen LogP contribution in [-0.2, 0) is 0 Å². The van der Waals surface area contributed by atoms with Crippen molar-refractivity contribution in [2.24, 2.45) is 5.92 Å². The van der Waals surface area contributed by atoms with Crippen LogP contribution in [0, 0.1) is 5.92 Å². The van der Waals surface area contributed by atoms with Crippen molar-refractivity contribution in [1.82, 2.24) is 4.98 Å². The topological polar surface area (TPSA) is 51.6 Å². The van der Waals surface area contributed by atoms with Gasteiger partial charge in [-0.05, 0) is 43.7 Å². The van der Waals surface area contributed by atoms with E-state index in [1.54, 1.807) is 13.3 Å². The number of methoxy groups -OCH3 is 1. The lowest BCUT2D eigenvalue weighted by molar-refractivity contribution is 0.0977. The third-order valence-electron chi connectivity index (χ3n) is 3.29. The van der Waals surface area contributed by atoms with Crippen LogP contribution in [0.25, 0.3) is 0 Å². The van der Waals surface area contributed by atoms with E-state index in [0.717, 1.165) is 25.7 Å². The van der Waals surface area contributed by atoms with Crippen molar-refractivity contribution in [1.29, 1.82) is 0 Å². The van der Waals surface area contributed by atoms with Crippen LogP contribution in [0.4, 0.5) is 0 Å². The first-order valence-electron chi connectivity index (χ1n) is 6.10. The Morgan fingerprint density at radius 3 is 2.76 bits per heavy atom. The van der Waals surface area contributed by atoms with Crippen molar-refractivity contribution in [3.8, 4) is 11.6 Å². The molecular weight excluding hydrogens is 218 g/mol. The van der Waals surface area contributed by atoms with Gasteiger partial charge in [0.25, 0.3) is 5.88 Å². The van der Waals surface area contributed by atoms with Gasteiger partial charge in [0.1, 0.15) is 6.10 Å². The molecule has 1 N–H and O–H groups in total. The van der Waals surface area contributed by atoms with Crippen LogP contribution in [0.5, 0.6) is 11.6 Å². The predicted molar refractivity (Wildman–Crippen MR) is 64.2 cm³/mol. The molecule has 17 heavy (non-hydrogen) atoms. The van der Waals surface area contributed by atoms with Crippen LogP contribution in [0.1, 0.15) is 25.7 Å². The standard InChI is InChI=1S/C13H19NO3/c1-16-12-3-2-8-14-13(12)17-11-6-4-10(9-15)5-7-11/h2-3,8,10-11,15H,4-7,9H2,1H3. The predicted octanol–water partition coefficient (Wildman–Crippen LogP) is 2.02. The zero-order valence-corrected chi connectivity index (χ0v) is 10.1. The van der Waals surface area contributed by atoms with Crippen LogP contribution in [0.2, 0.25) is 0 Å². The second-order valence-corrected chi connectivity index (χ2v) is 4.45. The van der Waals surface area contributed by atoms with Crippen LogP contribution >= 0.6 is 0 Å². The van der Waals surface area contributed by atoms with Crippen LogP contribution in [0.15, 0.2) is 18.3 Å². The zero-order valence-electron chi connectivity index (χ0n) is 10.1. The number of aliphatic hydroxyl groups excluding tert-OH is 1. The molecule has 2 rings (SSSR count). The van der Waals surface area contributed by atoms with Gasteiger partial charge in [-0.25, -0.2) is 4.98 Å². The number of pyridine rings is 1. The van der Waals surface area contributed by atoms with Crippen molar-refractivity contribution in [2.45, 2.75) is 31.8 Å². The van der Waals surface area contributed by atoms with Crippen LogP contribution in [0.3, 0.4) is 0 Å². The summed E-state index contributed by atoms with van der Waals surface area (Å²) in [6.45, 7) is 0.291. The molecule has 1 fully saturated rings. The maximum atomic E-state index is 9.08. The number of rotatable bonds is 4. The van der Waals surface area contributed by atoms with Crippen molar-refractivity contribution >= 4 is 0 Å². The van der Waals surface area contributed by atoms with E-state index in [-0.39, 0.29) is 6.10 Å². The largest absolute Gasteiger partial charge is 0.491 e. The summed E-state index contributed by atoms with van der Waals surface area (Å²) in [5.41, 5.74) is 0. The number of ether oxygens (including phenoxy) is 2. The molecule has 4 nitrogen and oxygen atoms in total. The van der Waals surface area contributed by atoms with Crippen LogP contribution < -0.4 is 9.47 Å². The van der Waals surface area contributed by atoms with E-state index in [1.807, 2.05) is 12.1 Å². The Labute approximate surface area is 102 Å². The van der Waals surface area contributed by atoms with Gasteiger partial charge >= 0.3 is 0 Å². The van der Waals surface area contributed by atoms with Gasteiger partial charge in [-0.1, -0.05) is 0 Å². The molecule has 0 saturated heterocycles. The summed E-state index contributed by atoms with van der Waals surface area (Å²) in [5, 5.41) is 9.08. The zero-order chi connectivity index (χ0) is 12.1. The first-order chi connectivity index (χ1) is 8.33. The number of hydrogen-bond acceptors (Lipinski definition) is 4. The lowest BCUT2D eigenvalue weighted by atomic mass is 9.88. The number of aliphatic hydroxyl groups is 1. The van der Waals surface area contributed by atoms with Gasteiger partial charge in [-0.2, -0.15) is 0 Å². The highest BCUT2D eigenvalue weighted by Crippen LogP contribution is 2.30. The molecule has 1 saturated carbocycles. The minimum atomic E-state index is 0.196. The van der Waals surface area contributed by atoms with E-state index >= 15 is 0 Å². The van der Waals surface area contributed by atoms with E-state index in [0.29, 0.717) is 24.2 Å². The number of hydrogen-bond donors (Lipinski definition) is 1. The highest BCUT2D eigenvalue weighted by Gasteiger charge is 2.23. The molecule has 1 aromatic heterocycles. The summed E-state index contributed by atoms with van der Waals surface area (Å²) in [4.78, 5) is 4.19. The molecular formula is C13H19NO3. The quantitative estimate of drug-likeness (QED) is 0.870. The molecule has 1 heterocycles. The fraction of sp³-hybridized carbons (Fsp3) is 0.615. The van der Waals surface area contributed by atoms with Gasteiger partial charge in [-0.3, -0.25) is 0 Å². The van der Waals surface area contributed by atoms with Gasteiger partial charge in [-0.15, -0.1) is 0 Å². The van der Waals surface area contributed by atoms with Crippen LogP contribution in [-0.4, -0.2) is 29.9 Å². The van der Waals surface area contributed by atoms with Gasteiger partial charge in [0, 0.05) is 12.8 Å². The average molecular weight is 237 g/mol. The summed E-state index contributed by atoms with van der Waals surface area (Å²) in [7, 11) is 1.62. The van der Waals surface area contributed by atoms with E-state index < -0.39 is 0 Å². The summed E-state index contributed by atoms with van der Waals surface area (Å²) in [5.74, 6) is 1.69. The van der Waals surface area contributed by atoms with E-state index in [2.05, 4.69) is 4.98 Å². The Morgan fingerprint density at radius 1 is 1.35 bits per heavy atom. The number of nitrogens with zero attached hydrogens (tertiary/aromatic N) is 1. The molecule has 0 radical (unpaired) electrons. The highest BCUT2D eigenvalue weighted by atomic mass is 16.5. The van der Waals surface area contributed by atoms with Crippen molar-refractivity contribution in [3.05, 3.63) is 18.3 Å². The molecule has 0 bridgehead atoms. The summed E-state index contributed by atoms with van der Waals surface area (Å²) in [6, 6.07) is 3.68. The van der Waals surface area contributed by atoms with Gasteiger partial charge in [0.05, 0.1) is 7.11 Å². The highest BCUT2D eigenvalue weighted by molar-refractivity contribution is 5.32. The molecule has 1 aromatic rings. The van der Waals surface area contributed by atoms with E-state index in [4.69, 9.17) is 14.6 Å². The van der Waals surface area contributed by atoms with Crippen molar-refractivity contribution in [2.75, 3.05) is 13.7 Å². The lowest BCUT2D eigenvalue weighted by Gasteiger charge is -2.27. The van der Waals surface area contributed by atoms with Gasteiger partial charge < -0.3 is 14.6 Å². The third kappa shape index (κ3) is 3.09. The average Bonchev–Trinajstić information content (AvgIpc) is 2.40. The van der Waals surface area contributed by atoms with E-state index in [1.165, 1.54) is 0 Å². The maximum absolute atomic E-state index is 9.08. The minimum absolute atomic E-state index is 0.196. The Balaban J connectivity index is 1.93. The second kappa shape index (κ2) is 5.87. The maximum Gasteiger partial charge on any atom is 0.257 e. The molecule has 1 aliphatic carbocycles. The smallest absolute Gasteiger partial charge is 0.257 e. The first-order valence-corrected chi connectivity index (χ1v) is 6.10. The van der Waals surface area contributed by atoms with E-state index in [9.17, 15) is 0 Å². The molecule has 1 aliphatic rings. The Bertz CT molecular complexity index is 348. The molecule has 0 atom stereocenters. The molecule has 4 heteroatoms. The molecule has 0 aliphatic heterocycles. The van der Waals surface area contributed by atoms with Gasteiger partial charge in [0.2, 0.25) is 0 Å². The normalized spacial score (nSPS) is 24.4. The van der Waals surface area contributed by atoms with Crippen molar-refractivity contribution < 1.29 is 14.6 Å². The Morgan fingerprint density at radius 2 is 2.12 bits per heavy atom. The molecule has 0 amide bonds. The third-order valence-corrected chi connectivity index (χ3v) is 3.29. The molecule has 0 spiro atoms. The monoisotopic (exact) mass is 237 g/mol. The fourth-order valence-electron chi connectivity index (χ4n) is 2.21. The summed E-state index contributed by atoms with van der Waals surface area (Å²) < 4.78 is 11.1. The summed E-state index contributed by atoms with van der Waals surface area (Å²) >= 11 is 0. The molecule has 94 valence electrons. The molecule has 0 unspecified atom stereocenters. The first kappa shape index (κ1) is 12.2. The van der Waals surface area contributed by atoms with Crippen molar-refractivity contribution in [3.63, 3.8) is 0 Å². The lowest BCUT2D eigenvalue weighted by Crippen LogP contribution is -2.26. The summed E-state index contributed by atoms with van der Waals surface area (Å²) in [6.07, 6.45) is 5.90. The van der Waals surface area contributed by atoms with Gasteiger partial charge in [0.15, 0.2) is 5.75 Å².